The lowest BCUT2D eigenvalue weighted by molar-refractivity contribution is -0.132. The third kappa shape index (κ3) is 2.39. The monoisotopic (exact) mass is 298 g/mol. The number of piperazine rings is 1. The molecule has 22 heavy (non-hydrogen) atoms. The summed E-state index contributed by atoms with van der Waals surface area (Å²) in [5.74, 6) is 0.614. The lowest BCUT2D eigenvalue weighted by Gasteiger charge is -2.30. The number of nitrogens with one attached hydrogen (secondary N) is 1. The van der Waals surface area contributed by atoms with Crippen LogP contribution in [0.15, 0.2) is 30.6 Å². The molecule has 2 fully saturated rings. The van der Waals surface area contributed by atoms with Crippen molar-refractivity contribution in [3.05, 3.63) is 36.2 Å². The van der Waals surface area contributed by atoms with Gasteiger partial charge in [0.2, 0.25) is 5.91 Å². The quantitative estimate of drug-likeness (QED) is 0.930. The predicted molar refractivity (Wildman–Crippen MR) is 84.6 cm³/mol. The number of hydrogen-bond acceptors (Lipinski definition) is 3. The van der Waals surface area contributed by atoms with Gasteiger partial charge in [0.15, 0.2) is 0 Å². The van der Waals surface area contributed by atoms with Crippen molar-refractivity contribution >= 4 is 11.4 Å². The van der Waals surface area contributed by atoms with Gasteiger partial charge in [0.05, 0.1) is 5.52 Å². The van der Waals surface area contributed by atoms with Gasteiger partial charge in [0.1, 0.15) is 0 Å². The zero-order valence-electron chi connectivity index (χ0n) is 12.7. The number of rotatable bonds is 4. The largest absolute Gasteiger partial charge is 0.337 e. The van der Waals surface area contributed by atoms with E-state index >= 15 is 0 Å². The molecule has 116 valence electrons. The zero-order valence-corrected chi connectivity index (χ0v) is 12.7. The molecular weight excluding hydrogens is 276 g/mol. The number of hydrogen-bond donors (Lipinski definition) is 1. The van der Waals surface area contributed by atoms with E-state index in [2.05, 4.69) is 27.4 Å². The number of fused-ring (bicyclic) bond motifs is 2. The van der Waals surface area contributed by atoms with Gasteiger partial charge in [-0.25, -0.2) is 4.52 Å². The second kappa shape index (κ2) is 5.72. The van der Waals surface area contributed by atoms with Gasteiger partial charge in [-0.2, -0.15) is 5.10 Å². The number of aromatic nitrogens is 2. The van der Waals surface area contributed by atoms with Gasteiger partial charge < -0.3 is 10.2 Å². The molecule has 0 unspecified atom stereocenters. The fraction of sp³-hybridized carbons (Fsp3) is 0.529. The standard InChI is InChI=1S/C17H22N4O/c22-17-14(11-15-12-18-8-10-20(15)17)4-1-3-13-5-2-9-21-16(13)6-7-19-21/h2,5-7,9,14-15,18H,1,3-4,8,10-12H2/t14-,15-/m0/s1. The summed E-state index contributed by atoms with van der Waals surface area (Å²) < 4.78 is 1.92. The molecule has 0 spiro atoms. The molecular formula is C17H22N4O. The van der Waals surface area contributed by atoms with E-state index in [1.54, 1.807) is 0 Å². The first-order valence-corrected chi connectivity index (χ1v) is 8.25. The number of aryl methyl sites for hydroxylation is 1. The van der Waals surface area contributed by atoms with E-state index in [1.807, 2.05) is 23.0 Å². The molecule has 2 aliphatic heterocycles. The molecule has 0 bridgehead atoms. The van der Waals surface area contributed by atoms with E-state index in [4.69, 9.17) is 0 Å². The summed E-state index contributed by atoms with van der Waals surface area (Å²) in [5, 5.41) is 7.67. The van der Waals surface area contributed by atoms with E-state index in [0.29, 0.717) is 11.9 Å². The van der Waals surface area contributed by atoms with Gasteiger partial charge in [-0.1, -0.05) is 6.07 Å². The van der Waals surface area contributed by atoms with Crippen LogP contribution in [-0.2, 0) is 11.2 Å². The second-order valence-electron chi connectivity index (χ2n) is 6.41. The number of amides is 1. The van der Waals surface area contributed by atoms with Crippen LogP contribution in [0.3, 0.4) is 0 Å². The highest BCUT2D eigenvalue weighted by atomic mass is 16.2. The summed E-state index contributed by atoms with van der Waals surface area (Å²) in [6, 6.07) is 6.70. The first-order chi connectivity index (χ1) is 10.8. The SMILES string of the molecule is O=C1[C@@H](CCCc2cccn3nccc23)C[C@H]2CNCCN12. The van der Waals surface area contributed by atoms with Crippen LogP contribution >= 0.6 is 0 Å². The number of carbonyl (C=O) groups excluding carboxylic acids is 1. The lowest BCUT2D eigenvalue weighted by atomic mass is 9.96. The summed E-state index contributed by atoms with van der Waals surface area (Å²) in [5.41, 5.74) is 2.51. The minimum Gasteiger partial charge on any atom is -0.337 e. The molecule has 2 saturated heterocycles. The van der Waals surface area contributed by atoms with Crippen molar-refractivity contribution in [1.82, 2.24) is 19.8 Å². The Morgan fingerprint density at radius 2 is 2.32 bits per heavy atom. The van der Waals surface area contributed by atoms with Gasteiger partial charge >= 0.3 is 0 Å². The Bertz CT molecular complexity index is 680. The maximum Gasteiger partial charge on any atom is 0.226 e. The molecule has 1 amide bonds. The maximum atomic E-state index is 12.4. The average molecular weight is 298 g/mol. The Morgan fingerprint density at radius 1 is 1.36 bits per heavy atom. The van der Waals surface area contributed by atoms with Crippen LogP contribution in [0.5, 0.6) is 0 Å². The van der Waals surface area contributed by atoms with Crippen molar-refractivity contribution in [2.75, 3.05) is 19.6 Å². The Morgan fingerprint density at radius 3 is 3.23 bits per heavy atom. The Balaban J connectivity index is 1.37. The van der Waals surface area contributed by atoms with Crippen molar-refractivity contribution < 1.29 is 4.79 Å². The fourth-order valence-corrected chi connectivity index (χ4v) is 3.93. The van der Waals surface area contributed by atoms with E-state index in [9.17, 15) is 4.79 Å². The van der Waals surface area contributed by atoms with Crippen molar-refractivity contribution in [3.8, 4) is 0 Å². The summed E-state index contributed by atoms with van der Waals surface area (Å²) in [7, 11) is 0. The van der Waals surface area contributed by atoms with E-state index in [0.717, 1.165) is 45.3 Å². The Kier molecular flexibility index (Phi) is 3.58. The maximum absolute atomic E-state index is 12.4. The van der Waals surface area contributed by atoms with E-state index in [1.165, 1.54) is 11.1 Å². The summed E-state index contributed by atoms with van der Waals surface area (Å²) in [4.78, 5) is 14.5. The van der Waals surface area contributed by atoms with Gasteiger partial charge in [0.25, 0.3) is 0 Å². The molecule has 4 heterocycles. The van der Waals surface area contributed by atoms with Crippen LogP contribution < -0.4 is 5.32 Å². The van der Waals surface area contributed by atoms with Crippen molar-refractivity contribution in [1.29, 1.82) is 0 Å². The number of nitrogens with zero attached hydrogens (tertiary/aromatic N) is 3. The molecule has 1 N–H and O–H groups in total. The third-order valence-corrected chi connectivity index (χ3v) is 5.06. The molecule has 2 aliphatic rings. The zero-order chi connectivity index (χ0) is 14.9. The Labute approximate surface area is 130 Å². The first-order valence-electron chi connectivity index (χ1n) is 8.25. The van der Waals surface area contributed by atoms with Gasteiger partial charge in [-0.3, -0.25) is 4.79 Å². The Hall–Kier alpha value is -1.88. The van der Waals surface area contributed by atoms with Gasteiger partial charge in [0, 0.05) is 44.0 Å². The van der Waals surface area contributed by atoms with E-state index < -0.39 is 0 Å². The number of carbonyl (C=O) groups is 1. The van der Waals surface area contributed by atoms with Crippen LogP contribution in [0.2, 0.25) is 0 Å². The fourth-order valence-electron chi connectivity index (χ4n) is 3.93. The summed E-state index contributed by atoms with van der Waals surface area (Å²) in [6.07, 6.45) is 7.93. The topological polar surface area (TPSA) is 49.6 Å². The average Bonchev–Trinajstić information content (AvgIpc) is 3.14. The number of pyridine rings is 1. The van der Waals surface area contributed by atoms with Crippen LogP contribution in [-0.4, -0.2) is 46.1 Å². The van der Waals surface area contributed by atoms with Gasteiger partial charge in [-0.05, 0) is 43.4 Å². The van der Waals surface area contributed by atoms with Gasteiger partial charge in [-0.15, -0.1) is 0 Å². The second-order valence-corrected chi connectivity index (χ2v) is 6.41. The van der Waals surface area contributed by atoms with Crippen molar-refractivity contribution in [2.45, 2.75) is 31.7 Å². The highest BCUT2D eigenvalue weighted by Crippen LogP contribution is 2.29. The minimum absolute atomic E-state index is 0.231. The lowest BCUT2D eigenvalue weighted by Crippen LogP contribution is -2.49. The van der Waals surface area contributed by atoms with Crippen molar-refractivity contribution in [3.63, 3.8) is 0 Å². The molecule has 0 aromatic carbocycles. The molecule has 5 nitrogen and oxygen atoms in total. The van der Waals surface area contributed by atoms with Crippen LogP contribution in [0.25, 0.3) is 5.52 Å². The smallest absolute Gasteiger partial charge is 0.226 e. The molecule has 2 aromatic heterocycles. The molecule has 5 heteroatoms. The normalized spacial score (nSPS) is 24.9. The molecule has 0 aliphatic carbocycles. The summed E-state index contributed by atoms with van der Waals surface area (Å²) in [6.45, 7) is 2.80. The predicted octanol–water partition coefficient (Wildman–Crippen LogP) is 1.48. The molecule has 2 atom stereocenters. The van der Waals surface area contributed by atoms with Crippen LogP contribution in [0.4, 0.5) is 0 Å². The van der Waals surface area contributed by atoms with Crippen LogP contribution in [0, 0.1) is 5.92 Å². The highest BCUT2D eigenvalue weighted by molar-refractivity contribution is 5.81. The molecule has 4 rings (SSSR count). The minimum atomic E-state index is 0.231. The summed E-state index contributed by atoms with van der Waals surface area (Å²) >= 11 is 0. The highest BCUT2D eigenvalue weighted by Gasteiger charge is 2.39. The third-order valence-electron chi connectivity index (χ3n) is 5.06. The molecule has 0 radical (unpaired) electrons. The molecule has 0 saturated carbocycles. The van der Waals surface area contributed by atoms with Crippen LogP contribution in [0.1, 0.15) is 24.8 Å². The molecule has 2 aromatic rings. The first kappa shape index (κ1) is 13.8. The van der Waals surface area contributed by atoms with Crippen molar-refractivity contribution in [2.24, 2.45) is 5.92 Å². The van der Waals surface area contributed by atoms with E-state index in [-0.39, 0.29) is 5.92 Å².